The van der Waals surface area contributed by atoms with Crippen molar-refractivity contribution in [1.29, 1.82) is 0 Å². The molecular formula is C31H43N5O6S. The SMILES string of the molecule is CCCN(CCCOCCOCCN)C(=O)C1=Cc2ccc(-c3cccc(S(=O)(=O)N4CC(CO)C4)c3)cc2N=C(N)C1. The Balaban J connectivity index is 1.47. The van der Waals surface area contributed by atoms with Gasteiger partial charge in [-0.2, -0.15) is 4.31 Å². The summed E-state index contributed by atoms with van der Waals surface area (Å²) in [5.74, 6) is 0.242. The molecule has 4 rings (SSSR count). The van der Waals surface area contributed by atoms with Gasteiger partial charge < -0.3 is 30.9 Å². The van der Waals surface area contributed by atoms with Crippen molar-refractivity contribution in [2.24, 2.45) is 22.4 Å². The molecule has 0 radical (unpaired) electrons. The Morgan fingerprint density at radius 3 is 2.53 bits per heavy atom. The highest BCUT2D eigenvalue weighted by atomic mass is 32.2. The van der Waals surface area contributed by atoms with E-state index in [4.69, 9.17) is 20.9 Å². The number of amidine groups is 1. The molecule has 0 aromatic heterocycles. The molecule has 0 unspecified atom stereocenters. The van der Waals surface area contributed by atoms with E-state index in [0.717, 1.165) is 23.1 Å². The minimum Gasteiger partial charge on any atom is -0.396 e. The molecule has 0 spiro atoms. The number of aliphatic hydroxyl groups is 1. The van der Waals surface area contributed by atoms with Gasteiger partial charge in [0.15, 0.2) is 0 Å². The summed E-state index contributed by atoms with van der Waals surface area (Å²) in [5, 5.41) is 9.27. The molecule has 0 saturated carbocycles. The molecule has 1 saturated heterocycles. The Kier molecular flexibility index (Phi) is 11.9. The summed E-state index contributed by atoms with van der Waals surface area (Å²) < 4.78 is 38.5. The second-order valence-corrected chi connectivity index (χ2v) is 12.7. The van der Waals surface area contributed by atoms with Crippen LogP contribution in [0.2, 0.25) is 0 Å². The fourth-order valence-corrected chi connectivity index (χ4v) is 6.72. The molecule has 1 amide bonds. The Hall–Kier alpha value is -3.13. The van der Waals surface area contributed by atoms with E-state index < -0.39 is 10.0 Å². The van der Waals surface area contributed by atoms with Crippen LogP contribution in [0.5, 0.6) is 0 Å². The number of sulfonamides is 1. The van der Waals surface area contributed by atoms with Crippen molar-refractivity contribution < 1.29 is 27.8 Å². The normalized spacial score (nSPS) is 15.7. The van der Waals surface area contributed by atoms with Crippen LogP contribution in [0.25, 0.3) is 17.2 Å². The predicted molar refractivity (Wildman–Crippen MR) is 167 cm³/mol. The number of aliphatic hydroxyl groups excluding tert-OH is 1. The summed E-state index contributed by atoms with van der Waals surface area (Å²) in [5.41, 5.74) is 15.2. The maximum atomic E-state index is 13.6. The van der Waals surface area contributed by atoms with E-state index in [1.165, 1.54) is 4.31 Å². The largest absolute Gasteiger partial charge is 0.396 e. The molecule has 43 heavy (non-hydrogen) atoms. The number of nitrogens with two attached hydrogens (primary N) is 2. The van der Waals surface area contributed by atoms with Gasteiger partial charge in [0.2, 0.25) is 15.9 Å². The first kappa shape index (κ1) is 32.8. The highest BCUT2D eigenvalue weighted by Gasteiger charge is 2.36. The molecule has 0 atom stereocenters. The van der Waals surface area contributed by atoms with E-state index >= 15 is 0 Å². The van der Waals surface area contributed by atoms with Crippen molar-refractivity contribution in [3.63, 3.8) is 0 Å². The molecule has 2 heterocycles. The van der Waals surface area contributed by atoms with E-state index in [2.05, 4.69) is 4.99 Å². The first-order valence-corrected chi connectivity index (χ1v) is 16.2. The van der Waals surface area contributed by atoms with Crippen molar-refractivity contribution in [2.75, 3.05) is 65.8 Å². The van der Waals surface area contributed by atoms with Gasteiger partial charge in [-0.15, -0.1) is 0 Å². The number of hydrogen-bond donors (Lipinski definition) is 3. The Morgan fingerprint density at radius 2 is 1.81 bits per heavy atom. The van der Waals surface area contributed by atoms with Gasteiger partial charge in [-0.3, -0.25) is 4.79 Å². The van der Waals surface area contributed by atoms with Gasteiger partial charge in [0.05, 0.1) is 30.4 Å². The van der Waals surface area contributed by atoms with Crippen LogP contribution >= 0.6 is 0 Å². The zero-order valence-corrected chi connectivity index (χ0v) is 25.6. The minimum absolute atomic E-state index is 0.0176. The van der Waals surface area contributed by atoms with Crippen LogP contribution in [0.4, 0.5) is 5.69 Å². The van der Waals surface area contributed by atoms with Gasteiger partial charge >= 0.3 is 0 Å². The first-order chi connectivity index (χ1) is 20.8. The summed E-state index contributed by atoms with van der Waals surface area (Å²) in [6.07, 6.45) is 3.61. The van der Waals surface area contributed by atoms with Crippen LogP contribution in [-0.2, 0) is 24.3 Å². The van der Waals surface area contributed by atoms with E-state index in [1.807, 2.05) is 42.2 Å². The highest BCUT2D eigenvalue weighted by Crippen LogP contribution is 2.34. The van der Waals surface area contributed by atoms with Crippen molar-refractivity contribution in [3.8, 4) is 11.1 Å². The quantitative estimate of drug-likeness (QED) is 0.243. The lowest BCUT2D eigenvalue weighted by Crippen LogP contribution is -2.51. The van der Waals surface area contributed by atoms with Crippen molar-refractivity contribution in [1.82, 2.24) is 9.21 Å². The van der Waals surface area contributed by atoms with Crippen LogP contribution in [0.15, 0.2) is 57.9 Å². The Morgan fingerprint density at radius 1 is 1.07 bits per heavy atom. The van der Waals surface area contributed by atoms with Crippen LogP contribution in [0, 0.1) is 5.92 Å². The maximum absolute atomic E-state index is 13.6. The smallest absolute Gasteiger partial charge is 0.250 e. The first-order valence-electron chi connectivity index (χ1n) is 14.8. The lowest BCUT2D eigenvalue weighted by Gasteiger charge is -2.36. The minimum atomic E-state index is -3.65. The third-order valence-corrected chi connectivity index (χ3v) is 9.22. The predicted octanol–water partition coefficient (Wildman–Crippen LogP) is 2.36. The van der Waals surface area contributed by atoms with Gasteiger partial charge in [-0.25, -0.2) is 13.4 Å². The Bertz CT molecular complexity index is 1420. The van der Waals surface area contributed by atoms with E-state index in [9.17, 15) is 18.3 Å². The van der Waals surface area contributed by atoms with Crippen LogP contribution in [-0.4, -0.2) is 100 Å². The zero-order valence-electron chi connectivity index (χ0n) is 24.8. The standard InChI is InChI=1S/C31H43N5O6S/c1-2-10-35(11-4-12-41-14-15-42-13-9-32)31(38)27-16-26-8-7-25(18-29(26)34-30(33)19-27)24-5-3-6-28(17-24)43(39,40)36-20-23(21-36)22-37/h3,5-8,16-18,23,37H,2,4,9-15,19-22,32H2,1H3,(H2,33,34). The van der Waals surface area contributed by atoms with Gasteiger partial charge in [-0.1, -0.05) is 31.2 Å². The molecule has 0 bridgehead atoms. The number of carbonyl (C=O) groups is 1. The maximum Gasteiger partial charge on any atom is 0.250 e. The van der Waals surface area contributed by atoms with Crippen LogP contribution in [0.1, 0.15) is 31.7 Å². The molecule has 12 heteroatoms. The monoisotopic (exact) mass is 613 g/mol. The number of amides is 1. The van der Waals surface area contributed by atoms with Gasteiger partial charge in [-0.05, 0) is 48.2 Å². The number of nitrogens with zero attached hydrogens (tertiary/aromatic N) is 3. The molecule has 2 aromatic rings. The number of ether oxygens (including phenoxy) is 2. The van der Waals surface area contributed by atoms with Gasteiger partial charge in [0, 0.05) is 69.4 Å². The summed E-state index contributed by atoms with van der Waals surface area (Å²) >= 11 is 0. The van der Waals surface area contributed by atoms with E-state index in [-0.39, 0.29) is 29.7 Å². The zero-order chi connectivity index (χ0) is 30.8. The third kappa shape index (κ3) is 8.49. The number of fused-ring (bicyclic) bond motifs is 1. The number of carbonyl (C=O) groups excluding carboxylic acids is 1. The van der Waals surface area contributed by atoms with Gasteiger partial charge in [0.25, 0.3) is 0 Å². The number of benzene rings is 2. The number of hydrogen-bond acceptors (Lipinski definition) is 9. The topological polar surface area (TPSA) is 161 Å². The van der Waals surface area contributed by atoms with Crippen molar-refractivity contribution in [2.45, 2.75) is 31.1 Å². The fourth-order valence-electron chi connectivity index (χ4n) is 5.08. The molecule has 2 aliphatic rings. The molecule has 234 valence electrons. The second kappa shape index (κ2) is 15.6. The summed E-state index contributed by atoms with van der Waals surface area (Å²) in [4.78, 5) is 20.2. The second-order valence-electron chi connectivity index (χ2n) is 10.8. The summed E-state index contributed by atoms with van der Waals surface area (Å²) in [6.45, 7) is 6.34. The molecule has 0 aliphatic carbocycles. The molecule has 2 aliphatic heterocycles. The van der Waals surface area contributed by atoms with Gasteiger partial charge in [0.1, 0.15) is 5.84 Å². The molecule has 11 nitrogen and oxygen atoms in total. The lowest BCUT2D eigenvalue weighted by molar-refractivity contribution is -0.127. The molecule has 2 aromatic carbocycles. The molecular weight excluding hydrogens is 570 g/mol. The molecule has 1 fully saturated rings. The average molecular weight is 614 g/mol. The summed E-state index contributed by atoms with van der Waals surface area (Å²) in [7, 11) is -3.65. The average Bonchev–Trinajstić information content (AvgIpc) is 3.14. The lowest BCUT2D eigenvalue weighted by atomic mass is 10.0. The number of aliphatic imine (C=N–C) groups is 1. The number of rotatable bonds is 16. The highest BCUT2D eigenvalue weighted by molar-refractivity contribution is 7.89. The van der Waals surface area contributed by atoms with E-state index in [0.29, 0.717) is 82.7 Å². The Labute approximate surface area is 254 Å². The van der Waals surface area contributed by atoms with Crippen LogP contribution < -0.4 is 11.5 Å². The fraction of sp³-hybridized carbons (Fsp3) is 0.484. The summed E-state index contributed by atoms with van der Waals surface area (Å²) in [6, 6.07) is 12.4. The van der Waals surface area contributed by atoms with Crippen LogP contribution in [0.3, 0.4) is 0 Å². The third-order valence-electron chi connectivity index (χ3n) is 7.39. The van der Waals surface area contributed by atoms with E-state index in [1.54, 1.807) is 18.2 Å². The van der Waals surface area contributed by atoms with Crippen molar-refractivity contribution >= 4 is 33.5 Å². The van der Waals surface area contributed by atoms with Crippen molar-refractivity contribution in [3.05, 3.63) is 53.6 Å². The molecule has 5 N–H and O–H groups in total.